The maximum Gasteiger partial charge on any atom is 0.416 e. The first-order valence-electron chi connectivity index (χ1n) is 12.7. The summed E-state index contributed by atoms with van der Waals surface area (Å²) in [4.78, 5) is 25.4. The maximum atomic E-state index is 13.8. The van der Waals surface area contributed by atoms with Gasteiger partial charge in [-0.1, -0.05) is 11.6 Å². The Hall–Kier alpha value is -3.77. The van der Waals surface area contributed by atoms with Crippen LogP contribution in [0, 0.1) is 0 Å². The van der Waals surface area contributed by atoms with Crippen LogP contribution in [0.1, 0.15) is 28.8 Å². The summed E-state index contributed by atoms with van der Waals surface area (Å²) < 4.78 is 52.8. The van der Waals surface area contributed by atoms with Gasteiger partial charge in [0.15, 0.2) is 5.82 Å². The lowest BCUT2D eigenvalue weighted by Crippen LogP contribution is -2.42. The van der Waals surface area contributed by atoms with Crippen LogP contribution in [-0.2, 0) is 6.18 Å². The van der Waals surface area contributed by atoms with E-state index in [2.05, 4.69) is 25.5 Å². The number of rotatable bonds is 6. The van der Waals surface area contributed by atoms with Crippen molar-refractivity contribution in [2.45, 2.75) is 25.1 Å². The number of aromatic nitrogens is 2. The van der Waals surface area contributed by atoms with Crippen LogP contribution < -0.4 is 25.0 Å². The molecule has 2 aliphatic heterocycles. The quantitative estimate of drug-likeness (QED) is 0.396. The predicted octanol–water partition coefficient (Wildman–Crippen LogP) is 5.53. The standard InChI is InChI=1S/C27H28ClF3N6O3/c1-36(2)19-5-8-37(9-6-19)20-13-17(27(29,30)31)12-18(14-20)35-25(38)16-3-4-21(28)22(11-16)40-26-23-24(33-15-34-26)32-7-10-39-23/h3-4,11-15,19H,5-10H2,1-2H3,(H,35,38)(H,32,33,34). The number of halogens is 4. The molecule has 2 N–H and O–H groups in total. The van der Waals surface area contributed by atoms with Crippen LogP contribution in [0.25, 0.3) is 0 Å². The van der Waals surface area contributed by atoms with Crippen molar-refractivity contribution in [2.24, 2.45) is 0 Å². The summed E-state index contributed by atoms with van der Waals surface area (Å²) >= 11 is 6.31. The lowest BCUT2D eigenvalue weighted by Gasteiger charge is -2.36. The molecule has 3 aromatic rings. The smallest absolute Gasteiger partial charge is 0.416 e. The number of amides is 1. The van der Waals surface area contributed by atoms with Gasteiger partial charge in [0.05, 0.1) is 17.1 Å². The molecule has 0 aliphatic carbocycles. The molecule has 2 aliphatic rings. The third kappa shape index (κ3) is 6.18. The lowest BCUT2D eigenvalue weighted by molar-refractivity contribution is -0.137. The monoisotopic (exact) mass is 576 g/mol. The van der Waals surface area contributed by atoms with E-state index < -0.39 is 17.6 Å². The van der Waals surface area contributed by atoms with E-state index in [1.165, 1.54) is 24.5 Å². The Morgan fingerprint density at radius 2 is 1.95 bits per heavy atom. The van der Waals surface area contributed by atoms with E-state index in [0.717, 1.165) is 25.0 Å². The highest BCUT2D eigenvalue weighted by Crippen LogP contribution is 2.39. The van der Waals surface area contributed by atoms with Gasteiger partial charge in [-0.25, -0.2) is 4.98 Å². The maximum absolute atomic E-state index is 13.8. The number of anilines is 3. The highest BCUT2D eigenvalue weighted by Gasteiger charge is 2.32. The van der Waals surface area contributed by atoms with Gasteiger partial charge in [0.2, 0.25) is 5.75 Å². The van der Waals surface area contributed by atoms with Crippen molar-refractivity contribution in [3.05, 3.63) is 58.9 Å². The third-order valence-corrected chi connectivity index (χ3v) is 7.19. The number of hydrogen-bond acceptors (Lipinski definition) is 8. The number of hydrogen-bond donors (Lipinski definition) is 2. The number of piperidine rings is 1. The van der Waals surface area contributed by atoms with Gasteiger partial charge in [0, 0.05) is 36.1 Å². The van der Waals surface area contributed by atoms with Crippen LogP contribution >= 0.6 is 11.6 Å². The summed E-state index contributed by atoms with van der Waals surface area (Å²) in [6.45, 7) is 2.19. The third-order valence-electron chi connectivity index (χ3n) is 6.87. The fourth-order valence-corrected chi connectivity index (χ4v) is 4.87. The van der Waals surface area contributed by atoms with E-state index >= 15 is 0 Å². The topological polar surface area (TPSA) is 91.9 Å². The molecule has 2 aromatic carbocycles. The molecule has 0 spiro atoms. The van der Waals surface area contributed by atoms with Gasteiger partial charge < -0.3 is 29.9 Å². The number of fused-ring (bicyclic) bond motifs is 1. The molecule has 1 amide bonds. The number of carbonyl (C=O) groups excluding carboxylic acids is 1. The summed E-state index contributed by atoms with van der Waals surface area (Å²) in [6, 6.07) is 8.30. The van der Waals surface area contributed by atoms with Crippen LogP contribution in [-0.4, -0.2) is 67.2 Å². The van der Waals surface area contributed by atoms with Crippen molar-refractivity contribution in [3.8, 4) is 17.4 Å². The second-order valence-corrected chi connectivity index (χ2v) is 10.2. The second kappa shape index (κ2) is 11.4. The van der Waals surface area contributed by atoms with Gasteiger partial charge in [0.25, 0.3) is 11.8 Å². The normalized spacial score (nSPS) is 15.7. The molecule has 0 unspecified atom stereocenters. The zero-order chi connectivity index (χ0) is 28.4. The molecule has 1 fully saturated rings. The van der Waals surface area contributed by atoms with Crippen LogP contribution in [0.4, 0.5) is 30.4 Å². The Labute approximate surface area is 234 Å². The molecule has 0 radical (unpaired) electrons. The number of carbonyl (C=O) groups is 1. The first kappa shape index (κ1) is 27.8. The highest BCUT2D eigenvalue weighted by molar-refractivity contribution is 6.32. The van der Waals surface area contributed by atoms with Gasteiger partial charge in [-0.05, 0) is 63.3 Å². The van der Waals surface area contributed by atoms with Crippen LogP contribution in [0.5, 0.6) is 17.4 Å². The Morgan fingerprint density at radius 1 is 1.18 bits per heavy atom. The van der Waals surface area contributed by atoms with E-state index in [0.29, 0.717) is 49.5 Å². The van der Waals surface area contributed by atoms with Gasteiger partial charge >= 0.3 is 6.18 Å². The zero-order valence-corrected chi connectivity index (χ0v) is 22.6. The average Bonchev–Trinajstić information content (AvgIpc) is 2.93. The highest BCUT2D eigenvalue weighted by atomic mass is 35.5. The second-order valence-electron chi connectivity index (χ2n) is 9.78. The van der Waals surface area contributed by atoms with Gasteiger partial charge in [-0.15, -0.1) is 0 Å². The minimum Gasteiger partial charge on any atom is -0.483 e. The van der Waals surface area contributed by atoms with Gasteiger partial charge in [-0.3, -0.25) is 4.79 Å². The summed E-state index contributed by atoms with van der Waals surface area (Å²) in [7, 11) is 4.00. The van der Waals surface area contributed by atoms with Crippen molar-refractivity contribution < 1.29 is 27.4 Å². The molecule has 40 heavy (non-hydrogen) atoms. The van der Waals surface area contributed by atoms with Crippen molar-refractivity contribution in [2.75, 3.05) is 55.9 Å². The van der Waals surface area contributed by atoms with Crippen molar-refractivity contribution >= 4 is 34.7 Å². The SMILES string of the molecule is CN(C)C1CCN(c2cc(NC(=O)c3ccc(Cl)c(Oc4ncnc5c4OCCN5)c3)cc(C(F)(F)F)c2)CC1. The molecule has 0 bridgehead atoms. The largest absolute Gasteiger partial charge is 0.483 e. The fraction of sp³-hybridized carbons (Fsp3) is 0.370. The van der Waals surface area contributed by atoms with E-state index in [9.17, 15) is 18.0 Å². The molecule has 0 atom stereocenters. The average molecular weight is 577 g/mol. The zero-order valence-electron chi connectivity index (χ0n) is 21.9. The van der Waals surface area contributed by atoms with Crippen LogP contribution in [0.3, 0.4) is 0 Å². The van der Waals surface area contributed by atoms with E-state index in [4.69, 9.17) is 21.1 Å². The minimum absolute atomic E-state index is 0.0336. The predicted molar refractivity (Wildman–Crippen MR) is 146 cm³/mol. The summed E-state index contributed by atoms with van der Waals surface area (Å²) in [5.41, 5.74) is -0.264. The first-order valence-corrected chi connectivity index (χ1v) is 13.1. The molecular formula is C27H28ClF3N6O3. The Bertz CT molecular complexity index is 1400. The minimum atomic E-state index is -4.58. The molecule has 5 rings (SSSR count). The molecule has 0 saturated carbocycles. The lowest BCUT2D eigenvalue weighted by atomic mass is 10.0. The van der Waals surface area contributed by atoms with Gasteiger partial charge in [-0.2, -0.15) is 18.2 Å². The Morgan fingerprint density at radius 3 is 2.67 bits per heavy atom. The van der Waals surface area contributed by atoms with Crippen molar-refractivity contribution in [3.63, 3.8) is 0 Å². The molecule has 1 saturated heterocycles. The number of nitrogens with zero attached hydrogens (tertiary/aromatic N) is 4. The molecule has 212 valence electrons. The van der Waals surface area contributed by atoms with Gasteiger partial charge in [0.1, 0.15) is 18.7 Å². The number of alkyl halides is 3. The number of nitrogens with one attached hydrogen (secondary N) is 2. The molecule has 13 heteroatoms. The van der Waals surface area contributed by atoms with Crippen molar-refractivity contribution in [1.82, 2.24) is 14.9 Å². The first-order chi connectivity index (χ1) is 19.1. The van der Waals surface area contributed by atoms with Crippen LogP contribution in [0.15, 0.2) is 42.7 Å². The van der Waals surface area contributed by atoms with Crippen LogP contribution in [0.2, 0.25) is 5.02 Å². The Kier molecular flexibility index (Phi) is 7.90. The van der Waals surface area contributed by atoms with E-state index in [1.807, 2.05) is 19.0 Å². The summed E-state index contributed by atoms with van der Waals surface area (Å²) in [6.07, 6.45) is -1.62. The Balaban J connectivity index is 1.37. The molecule has 3 heterocycles. The fourth-order valence-electron chi connectivity index (χ4n) is 4.71. The molecular weight excluding hydrogens is 549 g/mol. The summed E-state index contributed by atoms with van der Waals surface area (Å²) in [5.74, 6) is 0.384. The summed E-state index contributed by atoms with van der Waals surface area (Å²) in [5, 5.41) is 5.88. The molecule has 1 aromatic heterocycles. The van der Waals surface area contributed by atoms with E-state index in [1.54, 1.807) is 6.07 Å². The van der Waals surface area contributed by atoms with E-state index in [-0.39, 0.29) is 27.9 Å². The number of ether oxygens (including phenoxy) is 2. The van der Waals surface area contributed by atoms with Crippen molar-refractivity contribution in [1.29, 1.82) is 0 Å². The molecule has 9 nitrogen and oxygen atoms in total. The number of benzene rings is 2.